The minimum absolute atomic E-state index is 0.291. The van der Waals surface area contributed by atoms with Crippen molar-refractivity contribution in [2.24, 2.45) is 0 Å². The van der Waals surface area contributed by atoms with E-state index in [9.17, 15) is 0 Å². The number of rotatable bonds is 6. The van der Waals surface area contributed by atoms with Gasteiger partial charge in [0.15, 0.2) is 5.82 Å². The fourth-order valence-corrected chi connectivity index (χ4v) is 2.86. The van der Waals surface area contributed by atoms with E-state index in [1.807, 2.05) is 12.1 Å². The van der Waals surface area contributed by atoms with Crippen LogP contribution in [0.2, 0.25) is 0 Å². The number of aryl methyl sites for hydroxylation is 2. The molecule has 0 spiro atoms. The summed E-state index contributed by atoms with van der Waals surface area (Å²) in [6.07, 6.45) is 0.677. The number of hydrogen-bond acceptors (Lipinski definition) is 4. The fraction of sp³-hybridized carbons (Fsp3) is 0.333. The van der Waals surface area contributed by atoms with E-state index < -0.39 is 0 Å². The molecule has 25 heavy (non-hydrogen) atoms. The lowest BCUT2D eigenvalue weighted by molar-refractivity contribution is 0.242. The maximum absolute atomic E-state index is 5.44. The standard InChI is InChI=1S/C21H25N3O/c1-15-9-11-18(12-10-15)17(3)24(4)14-20-22-21(25-23-20)13-19-8-6-5-7-16(19)2/h5-12,17H,13-14H2,1-4H3/t17-/m1/s1. The molecule has 0 aliphatic heterocycles. The first kappa shape index (κ1) is 17.4. The van der Waals surface area contributed by atoms with Gasteiger partial charge < -0.3 is 4.52 Å². The van der Waals surface area contributed by atoms with Gasteiger partial charge in [0.05, 0.1) is 13.0 Å². The smallest absolute Gasteiger partial charge is 0.231 e. The minimum atomic E-state index is 0.291. The van der Waals surface area contributed by atoms with Gasteiger partial charge in [0.1, 0.15) is 0 Å². The van der Waals surface area contributed by atoms with Gasteiger partial charge in [-0.2, -0.15) is 4.98 Å². The van der Waals surface area contributed by atoms with E-state index in [4.69, 9.17) is 4.52 Å². The van der Waals surface area contributed by atoms with Gasteiger partial charge in [-0.1, -0.05) is 59.3 Å². The molecule has 130 valence electrons. The lowest BCUT2D eigenvalue weighted by Gasteiger charge is -2.23. The molecular formula is C21H25N3O. The molecule has 0 N–H and O–H groups in total. The first-order valence-corrected chi connectivity index (χ1v) is 8.65. The largest absolute Gasteiger partial charge is 0.339 e. The molecule has 4 nitrogen and oxygen atoms in total. The molecular weight excluding hydrogens is 310 g/mol. The second-order valence-corrected chi connectivity index (χ2v) is 6.71. The van der Waals surface area contributed by atoms with Crippen LogP contribution in [0.3, 0.4) is 0 Å². The van der Waals surface area contributed by atoms with Gasteiger partial charge in [-0.3, -0.25) is 4.90 Å². The van der Waals surface area contributed by atoms with Crippen molar-refractivity contribution in [2.75, 3.05) is 7.05 Å². The molecule has 2 aromatic carbocycles. The molecule has 0 saturated heterocycles. The molecule has 0 aliphatic rings. The summed E-state index contributed by atoms with van der Waals surface area (Å²) in [5.74, 6) is 1.39. The van der Waals surface area contributed by atoms with Gasteiger partial charge in [-0.05, 0) is 44.5 Å². The summed E-state index contributed by atoms with van der Waals surface area (Å²) in [7, 11) is 2.09. The highest BCUT2D eigenvalue weighted by molar-refractivity contribution is 5.27. The Morgan fingerprint density at radius 1 is 1.04 bits per heavy atom. The number of aromatic nitrogens is 2. The van der Waals surface area contributed by atoms with Gasteiger partial charge in [0.25, 0.3) is 0 Å². The molecule has 0 bridgehead atoms. The Labute approximate surface area is 149 Å². The van der Waals surface area contributed by atoms with Crippen LogP contribution < -0.4 is 0 Å². The van der Waals surface area contributed by atoms with Crippen molar-refractivity contribution in [3.8, 4) is 0 Å². The SMILES string of the molecule is Cc1ccc([C@@H](C)N(C)Cc2noc(Cc3ccccc3C)n2)cc1. The molecule has 0 amide bonds. The maximum atomic E-state index is 5.44. The molecule has 0 fully saturated rings. The van der Waals surface area contributed by atoms with E-state index in [1.165, 1.54) is 22.3 Å². The zero-order valence-corrected chi connectivity index (χ0v) is 15.4. The van der Waals surface area contributed by atoms with Crippen LogP contribution in [0.5, 0.6) is 0 Å². The van der Waals surface area contributed by atoms with Gasteiger partial charge in [-0.15, -0.1) is 0 Å². The summed E-state index contributed by atoms with van der Waals surface area (Å²) in [5, 5.41) is 4.14. The highest BCUT2D eigenvalue weighted by Crippen LogP contribution is 2.21. The highest BCUT2D eigenvalue weighted by Gasteiger charge is 2.15. The average molecular weight is 335 g/mol. The van der Waals surface area contributed by atoms with Crippen molar-refractivity contribution < 1.29 is 4.52 Å². The Bertz CT molecular complexity index is 823. The topological polar surface area (TPSA) is 42.2 Å². The Kier molecular flexibility index (Phi) is 5.29. The van der Waals surface area contributed by atoms with Gasteiger partial charge in [-0.25, -0.2) is 0 Å². The van der Waals surface area contributed by atoms with Crippen LogP contribution in [0.1, 0.15) is 46.9 Å². The van der Waals surface area contributed by atoms with Crippen molar-refractivity contribution in [1.29, 1.82) is 0 Å². The number of benzene rings is 2. The lowest BCUT2D eigenvalue weighted by Crippen LogP contribution is -2.22. The average Bonchev–Trinajstić information content (AvgIpc) is 3.04. The summed E-state index contributed by atoms with van der Waals surface area (Å²) >= 11 is 0. The summed E-state index contributed by atoms with van der Waals surface area (Å²) in [5.41, 5.74) is 5.03. The van der Waals surface area contributed by atoms with Crippen LogP contribution in [-0.4, -0.2) is 22.1 Å². The summed E-state index contributed by atoms with van der Waals surface area (Å²) in [4.78, 5) is 6.79. The van der Waals surface area contributed by atoms with Crippen molar-refractivity contribution in [3.05, 3.63) is 82.5 Å². The van der Waals surface area contributed by atoms with Crippen molar-refractivity contribution in [3.63, 3.8) is 0 Å². The van der Waals surface area contributed by atoms with Crippen molar-refractivity contribution >= 4 is 0 Å². The molecule has 0 aliphatic carbocycles. The molecule has 3 rings (SSSR count). The first-order chi connectivity index (χ1) is 12.0. The van der Waals surface area contributed by atoms with Crippen molar-refractivity contribution in [2.45, 2.75) is 39.8 Å². The molecule has 4 heteroatoms. The number of hydrogen-bond donors (Lipinski definition) is 0. The summed E-state index contributed by atoms with van der Waals surface area (Å²) in [6.45, 7) is 7.06. The molecule has 1 aromatic heterocycles. The third kappa shape index (κ3) is 4.34. The Morgan fingerprint density at radius 2 is 1.76 bits per heavy atom. The van der Waals surface area contributed by atoms with Gasteiger partial charge >= 0.3 is 0 Å². The zero-order valence-electron chi connectivity index (χ0n) is 15.4. The summed E-state index contributed by atoms with van der Waals surface area (Å²) in [6, 6.07) is 17.2. The third-order valence-corrected chi connectivity index (χ3v) is 4.72. The van der Waals surface area contributed by atoms with Crippen LogP contribution >= 0.6 is 0 Å². The lowest BCUT2D eigenvalue weighted by atomic mass is 10.1. The normalized spacial score (nSPS) is 12.5. The van der Waals surface area contributed by atoms with Crippen LogP contribution in [0, 0.1) is 13.8 Å². The molecule has 0 radical (unpaired) electrons. The molecule has 0 unspecified atom stereocenters. The van der Waals surface area contributed by atoms with E-state index in [0.717, 1.165) is 5.82 Å². The quantitative estimate of drug-likeness (QED) is 0.666. The predicted octanol–water partition coefficient (Wildman–Crippen LogP) is 4.47. The monoisotopic (exact) mass is 335 g/mol. The second kappa shape index (κ2) is 7.62. The zero-order chi connectivity index (χ0) is 17.8. The van der Waals surface area contributed by atoms with Crippen LogP contribution in [0.4, 0.5) is 0 Å². The van der Waals surface area contributed by atoms with Crippen LogP contribution in [-0.2, 0) is 13.0 Å². The van der Waals surface area contributed by atoms with E-state index in [0.29, 0.717) is 24.9 Å². The first-order valence-electron chi connectivity index (χ1n) is 8.65. The van der Waals surface area contributed by atoms with Crippen LogP contribution in [0.15, 0.2) is 53.1 Å². The maximum Gasteiger partial charge on any atom is 0.231 e. The van der Waals surface area contributed by atoms with E-state index in [1.54, 1.807) is 0 Å². The van der Waals surface area contributed by atoms with E-state index in [-0.39, 0.29) is 0 Å². The van der Waals surface area contributed by atoms with E-state index >= 15 is 0 Å². The molecule has 1 atom stereocenters. The summed E-state index contributed by atoms with van der Waals surface area (Å²) < 4.78 is 5.44. The van der Waals surface area contributed by atoms with E-state index in [2.05, 4.69) is 79.3 Å². The van der Waals surface area contributed by atoms with Crippen LogP contribution in [0.25, 0.3) is 0 Å². The van der Waals surface area contributed by atoms with Crippen molar-refractivity contribution in [1.82, 2.24) is 15.0 Å². The van der Waals surface area contributed by atoms with Gasteiger partial charge in [0.2, 0.25) is 5.89 Å². The second-order valence-electron chi connectivity index (χ2n) is 6.71. The molecule has 0 saturated carbocycles. The minimum Gasteiger partial charge on any atom is -0.339 e. The molecule has 1 heterocycles. The Morgan fingerprint density at radius 3 is 2.48 bits per heavy atom. The number of nitrogens with zero attached hydrogens (tertiary/aromatic N) is 3. The Balaban J connectivity index is 1.64. The Hall–Kier alpha value is -2.46. The third-order valence-electron chi connectivity index (χ3n) is 4.72. The predicted molar refractivity (Wildman–Crippen MR) is 99.3 cm³/mol. The fourth-order valence-electron chi connectivity index (χ4n) is 2.86. The molecule has 3 aromatic rings. The highest BCUT2D eigenvalue weighted by atomic mass is 16.5. The van der Waals surface area contributed by atoms with Gasteiger partial charge in [0, 0.05) is 6.04 Å².